The largest absolute Gasteiger partial charge is 0.329 e. The number of hydrogen-bond donors (Lipinski definition) is 2. The number of carbonyl (C=O) groups is 3. The average molecular weight is 395 g/mol. The van der Waals surface area contributed by atoms with Gasteiger partial charge in [-0.2, -0.15) is 0 Å². The quantitative estimate of drug-likeness (QED) is 0.613. The topological polar surface area (TPSA) is 78.5 Å². The normalized spacial score (nSPS) is 15.6. The summed E-state index contributed by atoms with van der Waals surface area (Å²) in [5, 5.41) is 4.83. The molecule has 150 valence electrons. The van der Waals surface area contributed by atoms with Crippen molar-refractivity contribution in [2.45, 2.75) is 26.2 Å². The number of rotatable bonds is 4. The lowest BCUT2D eigenvalue weighted by atomic mass is 9.87. The lowest BCUT2D eigenvalue weighted by molar-refractivity contribution is -0.127. The Morgan fingerprint density at radius 1 is 1.10 bits per heavy atom. The smallest absolute Gasteiger partial charge is 0.322 e. The van der Waals surface area contributed by atoms with Crippen LogP contribution in [0.15, 0.2) is 54.2 Å². The molecule has 0 unspecified atom stereocenters. The number of carbonyl (C=O) groups excluding carboxylic acids is 3. The van der Waals surface area contributed by atoms with Gasteiger partial charge >= 0.3 is 6.03 Å². The molecule has 0 aromatic heterocycles. The maximum absolute atomic E-state index is 13.6. The lowest BCUT2D eigenvalue weighted by Gasteiger charge is -2.18. The minimum absolute atomic E-state index is 0.00541. The first-order valence-electron chi connectivity index (χ1n) is 9.14. The van der Waals surface area contributed by atoms with Gasteiger partial charge in [-0.3, -0.25) is 9.59 Å². The van der Waals surface area contributed by atoms with Crippen molar-refractivity contribution in [1.82, 2.24) is 10.2 Å². The lowest BCUT2D eigenvalue weighted by Crippen LogP contribution is -2.38. The van der Waals surface area contributed by atoms with Gasteiger partial charge in [0.1, 0.15) is 18.1 Å². The maximum Gasteiger partial charge on any atom is 0.329 e. The Balaban J connectivity index is 1.70. The number of amides is 4. The SMILES string of the molecule is CC(C)(C)c1ccc(/C=C2/NC(=O)N(CC(=O)Nc3ccccc3F)C2=O)cc1. The summed E-state index contributed by atoms with van der Waals surface area (Å²) in [5.41, 5.74) is 1.97. The molecule has 0 aliphatic carbocycles. The Kier molecular flexibility index (Phi) is 5.50. The van der Waals surface area contributed by atoms with Crippen LogP contribution >= 0.6 is 0 Å². The molecule has 0 saturated carbocycles. The molecule has 1 heterocycles. The zero-order chi connectivity index (χ0) is 21.2. The number of urea groups is 1. The Morgan fingerprint density at radius 2 is 1.76 bits per heavy atom. The fourth-order valence-electron chi connectivity index (χ4n) is 2.86. The van der Waals surface area contributed by atoms with Crippen LogP contribution in [0, 0.1) is 5.82 Å². The van der Waals surface area contributed by atoms with Crippen molar-refractivity contribution in [3.05, 3.63) is 71.2 Å². The fraction of sp³-hybridized carbons (Fsp3) is 0.227. The molecular weight excluding hydrogens is 373 g/mol. The standard InChI is InChI=1S/C22H22FN3O3/c1-22(2,3)15-10-8-14(9-11-15)12-18-20(28)26(21(29)25-18)13-19(27)24-17-7-5-4-6-16(17)23/h4-12H,13H2,1-3H3,(H,24,27)(H,25,29)/b18-12+. The highest BCUT2D eigenvalue weighted by Gasteiger charge is 2.35. The molecule has 0 radical (unpaired) electrons. The van der Waals surface area contributed by atoms with Gasteiger partial charge in [0.05, 0.1) is 5.69 Å². The highest BCUT2D eigenvalue weighted by molar-refractivity contribution is 6.15. The molecule has 2 aromatic rings. The van der Waals surface area contributed by atoms with Crippen molar-refractivity contribution >= 4 is 29.6 Å². The predicted molar refractivity (Wildman–Crippen MR) is 108 cm³/mol. The molecule has 7 heteroatoms. The van der Waals surface area contributed by atoms with Crippen molar-refractivity contribution in [2.24, 2.45) is 0 Å². The van der Waals surface area contributed by atoms with Crippen LogP contribution in [0.3, 0.4) is 0 Å². The van der Waals surface area contributed by atoms with E-state index in [0.717, 1.165) is 16.0 Å². The molecule has 3 rings (SSSR count). The van der Waals surface area contributed by atoms with Crippen molar-refractivity contribution in [2.75, 3.05) is 11.9 Å². The van der Waals surface area contributed by atoms with Crippen molar-refractivity contribution in [3.63, 3.8) is 0 Å². The van der Waals surface area contributed by atoms with Crippen LogP contribution in [-0.4, -0.2) is 29.3 Å². The summed E-state index contributed by atoms with van der Waals surface area (Å²) in [7, 11) is 0. The van der Waals surface area contributed by atoms with Gasteiger partial charge in [0, 0.05) is 0 Å². The second-order valence-corrected chi connectivity index (χ2v) is 7.78. The van der Waals surface area contributed by atoms with Crippen LogP contribution in [-0.2, 0) is 15.0 Å². The number of para-hydroxylation sites is 1. The second-order valence-electron chi connectivity index (χ2n) is 7.78. The number of halogens is 1. The second kappa shape index (κ2) is 7.87. The van der Waals surface area contributed by atoms with Gasteiger partial charge in [-0.25, -0.2) is 14.1 Å². The molecule has 29 heavy (non-hydrogen) atoms. The van der Waals surface area contributed by atoms with E-state index in [1.165, 1.54) is 18.2 Å². The van der Waals surface area contributed by atoms with E-state index in [4.69, 9.17) is 0 Å². The van der Waals surface area contributed by atoms with Crippen LogP contribution in [0.5, 0.6) is 0 Å². The molecule has 0 bridgehead atoms. The minimum atomic E-state index is -0.698. The first-order chi connectivity index (χ1) is 13.6. The average Bonchev–Trinajstić information content (AvgIpc) is 2.91. The number of benzene rings is 2. The van der Waals surface area contributed by atoms with Gasteiger partial charge in [0.25, 0.3) is 5.91 Å². The highest BCUT2D eigenvalue weighted by Crippen LogP contribution is 2.23. The highest BCUT2D eigenvalue weighted by atomic mass is 19.1. The Labute approximate surface area is 168 Å². The van der Waals surface area contributed by atoms with Gasteiger partial charge < -0.3 is 10.6 Å². The van der Waals surface area contributed by atoms with Gasteiger partial charge in [0.2, 0.25) is 5.91 Å². The number of anilines is 1. The minimum Gasteiger partial charge on any atom is -0.322 e. The maximum atomic E-state index is 13.6. The van der Waals surface area contributed by atoms with Crippen molar-refractivity contribution in [1.29, 1.82) is 0 Å². The molecule has 1 aliphatic rings. The molecule has 1 saturated heterocycles. The van der Waals surface area contributed by atoms with E-state index in [0.29, 0.717) is 0 Å². The Morgan fingerprint density at radius 3 is 2.38 bits per heavy atom. The Hall–Kier alpha value is -3.48. The molecule has 1 aliphatic heterocycles. The molecule has 0 atom stereocenters. The number of imide groups is 1. The zero-order valence-corrected chi connectivity index (χ0v) is 16.5. The molecule has 0 spiro atoms. The monoisotopic (exact) mass is 395 g/mol. The van der Waals surface area contributed by atoms with Crippen molar-refractivity contribution < 1.29 is 18.8 Å². The molecule has 2 aromatic carbocycles. The van der Waals surface area contributed by atoms with Gasteiger partial charge in [-0.15, -0.1) is 0 Å². The number of nitrogens with zero attached hydrogens (tertiary/aromatic N) is 1. The van der Waals surface area contributed by atoms with Gasteiger partial charge in [-0.1, -0.05) is 57.2 Å². The third kappa shape index (κ3) is 4.68. The Bertz CT molecular complexity index is 991. The molecule has 4 amide bonds. The number of nitrogens with one attached hydrogen (secondary N) is 2. The summed E-state index contributed by atoms with van der Waals surface area (Å²) in [6, 6.07) is 12.6. The first-order valence-corrected chi connectivity index (χ1v) is 9.14. The van der Waals surface area contributed by atoms with E-state index < -0.39 is 30.2 Å². The number of hydrogen-bond acceptors (Lipinski definition) is 3. The summed E-state index contributed by atoms with van der Waals surface area (Å²) in [5.74, 6) is -1.88. The van der Waals surface area contributed by atoms with Crippen LogP contribution in [0.4, 0.5) is 14.9 Å². The van der Waals surface area contributed by atoms with E-state index in [9.17, 15) is 18.8 Å². The molecule has 6 nitrogen and oxygen atoms in total. The third-order valence-corrected chi connectivity index (χ3v) is 4.50. The van der Waals surface area contributed by atoms with E-state index >= 15 is 0 Å². The third-order valence-electron chi connectivity index (χ3n) is 4.50. The van der Waals surface area contributed by atoms with Crippen LogP contribution in [0.2, 0.25) is 0 Å². The van der Waals surface area contributed by atoms with Crippen LogP contribution < -0.4 is 10.6 Å². The molecule has 1 fully saturated rings. The van der Waals surface area contributed by atoms with Crippen LogP contribution in [0.25, 0.3) is 6.08 Å². The first kappa shape index (κ1) is 20.3. The summed E-state index contributed by atoms with van der Waals surface area (Å²) in [6.07, 6.45) is 1.56. The molecule has 2 N–H and O–H groups in total. The summed E-state index contributed by atoms with van der Waals surface area (Å²) >= 11 is 0. The van der Waals surface area contributed by atoms with Crippen molar-refractivity contribution in [3.8, 4) is 0 Å². The van der Waals surface area contributed by atoms with E-state index in [1.807, 2.05) is 24.3 Å². The van der Waals surface area contributed by atoms with E-state index in [1.54, 1.807) is 12.1 Å². The summed E-state index contributed by atoms with van der Waals surface area (Å²) < 4.78 is 13.6. The van der Waals surface area contributed by atoms with Gasteiger partial charge in [-0.05, 0) is 34.8 Å². The summed E-state index contributed by atoms with van der Waals surface area (Å²) in [6.45, 7) is 5.79. The van der Waals surface area contributed by atoms with E-state index in [2.05, 4.69) is 31.4 Å². The van der Waals surface area contributed by atoms with Gasteiger partial charge in [0.15, 0.2) is 0 Å². The fourth-order valence-corrected chi connectivity index (χ4v) is 2.86. The summed E-state index contributed by atoms with van der Waals surface area (Å²) in [4.78, 5) is 37.6. The predicted octanol–water partition coefficient (Wildman–Crippen LogP) is 3.65. The van der Waals surface area contributed by atoms with E-state index in [-0.39, 0.29) is 16.8 Å². The van der Waals surface area contributed by atoms with Crippen LogP contribution in [0.1, 0.15) is 31.9 Å². The molecular formula is C22H22FN3O3. The zero-order valence-electron chi connectivity index (χ0n) is 16.5.